The molecule has 3 aromatic carbocycles. The molecule has 2 amide bonds. The topological polar surface area (TPSA) is 96.0 Å². The van der Waals surface area contributed by atoms with E-state index in [-0.39, 0.29) is 23.0 Å². The predicted octanol–water partition coefficient (Wildman–Crippen LogP) is 4.10. The lowest BCUT2D eigenvalue weighted by molar-refractivity contribution is -0.139. The molecule has 3 aromatic rings. The van der Waals surface area contributed by atoms with E-state index in [4.69, 9.17) is 16.3 Å². The lowest BCUT2D eigenvalue weighted by Gasteiger charge is -2.32. The van der Waals surface area contributed by atoms with Crippen LogP contribution in [-0.2, 0) is 26.2 Å². The number of amides is 2. The van der Waals surface area contributed by atoms with Gasteiger partial charge in [0.2, 0.25) is 11.8 Å². The summed E-state index contributed by atoms with van der Waals surface area (Å²) >= 11 is 6.01. The molecule has 1 atom stereocenters. The fourth-order valence-electron chi connectivity index (χ4n) is 3.71. The first-order valence-electron chi connectivity index (χ1n) is 11.7. The van der Waals surface area contributed by atoms with Crippen molar-refractivity contribution < 1.29 is 22.7 Å². The van der Waals surface area contributed by atoms with E-state index in [0.717, 1.165) is 9.87 Å². The van der Waals surface area contributed by atoms with Gasteiger partial charge in [0, 0.05) is 24.2 Å². The third kappa shape index (κ3) is 7.02. The van der Waals surface area contributed by atoms with Gasteiger partial charge in [-0.3, -0.25) is 13.9 Å². The second-order valence-electron chi connectivity index (χ2n) is 8.24. The van der Waals surface area contributed by atoms with Crippen molar-refractivity contribution in [2.24, 2.45) is 0 Å². The van der Waals surface area contributed by atoms with Crippen molar-refractivity contribution >= 4 is 39.1 Å². The second kappa shape index (κ2) is 12.6. The lowest BCUT2D eigenvalue weighted by atomic mass is 10.1. The molecular formula is C27H30ClN3O5S. The number of nitrogens with zero attached hydrogens (tertiary/aromatic N) is 2. The Morgan fingerprint density at radius 1 is 1.00 bits per heavy atom. The van der Waals surface area contributed by atoms with Crippen LogP contribution in [0.25, 0.3) is 0 Å². The number of hydrogen-bond donors (Lipinski definition) is 1. The molecule has 0 aliphatic rings. The molecule has 0 saturated heterocycles. The van der Waals surface area contributed by atoms with Crippen molar-refractivity contribution in [1.82, 2.24) is 10.2 Å². The van der Waals surface area contributed by atoms with Crippen molar-refractivity contribution in [3.63, 3.8) is 0 Å². The van der Waals surface area contributed by atoms with Crippen LogP contribution in [0.2, 0.25) is 5.02 Å². The van der Waals surface area contributed by atoms with Crippen molar-refractivity contribution in [3.8, 4) is 5.75 Å². The highest BCUT2D eigenvalue weighted by atomic mass is 35.5. The molecule has 0 aliphatic carbocycles. The summed E-state index contributed by atoms with van der Waals surface area (Å²) in [4.78, 5) is 27.9. The fraction of sp³-hybridized carbons (Fsp3) is 0.259. The van der Waals surface area contributed by atoms with Crippen LogP contribution in [0.15, 0.2) is 83.8 Å². The van der Waals surface area contributed by atoms with E-state index in [1.807, 2.05) is 0 Å². The number of anilines is 1. The molecule has 0 aromatic heterocycles. The number of halogens is 1. The van der Waals surface area contributed by atoms with E-state index in [2.05, 4.69) is 5.32 Å². The summed E-state index contributed by atoms with van der Waals surface area (Å²) in [5.74, 6) is -0.452. The van der Waals surface area contributed by atoms with Crippen molar-refractivity contribution in [2.45, 2.75) is 31.3 Å². The van der Waals surface area contributed by atoms with Gasteiger partial charge in [-0.15, -0.1) is 0 Å². The maximum Gasteiger partial charge on any atom is 0.264 e. The van der Waals surface area contributed by atoms with E-state index in [9.17, 15) is 18.0 Å². The van der Waals surface area contributed by atoms with E-state index >= 15 is 0 Å². The standard InChI is InChI=1S/C27H30ClN3O5S/c1-4-29-27(33)20(2)30(18-21-13-15-22(28)16-14-21)26(32)19-31(23-9-8-10-24(17-23)36-3)37(34,35)25-11-6-5-7-12-25/h5-17,20H,4,18-19H2,1-3H3,(H,29,33)/t20-/m0/s1. The second-order valence-corrected chi connectivity index (χ2v) is 10.5. The van der Waals surface area contributed by atoms with Gasteiger partial charge in [0.1, 0.15) is 18.3 Å². The van der Waals surface area contributed by atoms with Gasteiger partial charge in [-0.05, 0) is 55.8 Å². The first-order chi connectivity index (χ1) is 17.7. The minimum absolute atomic E-state index is 0.0339. The molecule has 0 radical (unpaired) electrons. The molecule has 0 bridgehead atoms. The van der Waals surface area contributed by atoms with Gasteiger partial charge < -0.3 is 15.0 Å². The molecule has 3 rings (SSSR count). The fourth-order valence-corrected chi connectivity index (χ4v) is 5.26. The zero-order chi connectivity index (χ0) is 27.0. The molecular weight excluding hydrogens is 514 g/mol. The van der Waals surface area contributed by atoms with Gasteiger partial charge in [0.25, 0.3) is 10.0 Å². The molecule has 0 unspecified atom stereocenters. The Kier molecular flexibility index (Phi) is 9.54. The highest BCUT2D eigenvalue weighted by Gasteiger charge is 2.32. The number of sulfonamides is 1. The summed E-state index contributed by atoms with van der Waals surface area (Å²) in [5.41, 5.74) is 1.00. The number of carbonyl (C=O) groups excluding carboxylic acids is 2. The van der Waals surface area contributed by atoms with Gasteiger partial charge in [-0.25, -0.2) is 8.42 Å². The van der Waals surface area contributed by atoms with E-state index in [1.54, 1.807) is 80.6 Å². The maximum absolute atomic E-state index is 13.8. The molecule has 0 spiro atoms. The Hall–Kier alpha value is -3.56. The molecule has 0 saturated carbocycles. The summed E-state index contributed by atoms with van der Waals surface area (Å²) in [6, 6.07) is 20.4. The van der Waals surface area contributed by atoms with Gasteiger partial charge in [0.05, 0.1) is 17.7 Å². The maximum atomic E-state index is 13.8. The summed E-state index contributed by atoms with van der Waals surface area (Å²) in [6.45, 7) is 3.35. The number of likely N-dealkylation sites (N-methyl/N-ethyl adjacent to an activating group) is 1. The number of methoxy groups -OCH3 is 1. The zero-order valence-corrected chi connectivity index (χ0v) is 22.5. The van der Waals surface area contributed by atoms with Crippen LogP contribution in [0.5, 0.6) is 5.75 Å². The predicted molar refractivity (Wildman–Crippen MR) is 144 cm³/mol. The third-order valence-electron chi connectivity index (χ3n) is 5.74. The summed E-state index contributed by atoms with van der Waals surface area (Å²) in [7, 11) is -2.66. The monoisotopic (exact) mass is 543 g/mol. The summed E-state index contributed by atoms with van der Waals surface area (Å²) in [5, 5.41) is 3.27. The zero-order valence-electron chi connectivity index (χ0n) is 20.9. The van der Waals surface area contributed by atoms with E-state index in [0.29, 0.717) is 17.3 Å². The number of nitrogens with one attached hydrogen (secondary N) is 1. The molecule has 37 heavy (non-hydrogen) atoms. The average molecular weight is 544 g/mol. The van der Waals surface area contributed by atoms with Gasteiger partial charge in [-0.2, -0.15) is 0 Å². The number of carbonyl (C=O) groups is 2. The van der Waals surface area contributed by atoms with Crippen molar-refractivity contribution in [3.05, 3.63) is 89.4 Å². The van der Waals surface area contributed by atoms with Gasteiger partial charge in [-0.1, -0.05) is 48.0 Å². The Morgan fingerprint density at radius 2 is 1.68 bits per heavy atom. The van der Waals surface area contributed by atoms with Crippen LogP contribution < -0.4 is 14.4 Å². The molecule has 0 fully saturated rings. The SMILES string of the molecule is CCNC(=O)[C@H](C)N(Cc1ccc(Cl)cc1)C(=O)CN(c1cccc(OC)c1)S(=O)(=O)c1ccccc1. The molecule has 1 N–H and O–H groups in total. The van der Waals surface area contributed by atoms with E-state index in [1.165, 1.54) is 24.1 Å². The van der Waals surface area contributed by atoms with Gasteiger partial charge in [0.15, 0.2) is 0 Å². The number of ether oxygens (including phenoxy) is 1. The van der Waals surface area contributed by atoms with Crippen LogP contribution in [0.1, 0.15) is 19.4 Å². The normalized spacial score (nSPS) is 11.9. The van der Waals surface area contributed by atoms with Crippen LogP contribution in [0.3, 0.4) is 0 Å². The Labute approximate surface area is 222 Å². The van der Waals surface area contributed by atoms with Crippen molar-refractivity contribution in [2.75, 3.05) is 24.5 Å². The van der Waals surface area contributed by atoms with Crippen molar-refractivity contribution in [1.29, 1.82) is 0 Å². The highest BCUT2D eigenvalue weighted by molar-refractivity contribution is 7.92. The third-order valence-corrected chi connectivity index (χ3v) is 7.78. The molecule has 8 nitrogen and oxygen atoms in total. The molecule has 196 valence electrons. The molecule has 10 heteroatoms. The van der Waals surface area contributed by atoms with Crippen LogP contribution in [0, 0.1) is 0 Å². The number of rotatable bonds is 11. The minimum Gasteiger partial charge on any atom is -0.497 e. The Morgan fingerprint density at radius 3 is 2.30 bits per heavy atom. The number of hydrogen-bond acceptors (Lipinski definition) is 5. The van der Waals surface area contributed by atoms with Crippen LogP contribution in [-0.4, -0.2) is 51.4 Å². The summed E-state index contributed by atoms with van der Waals surface area (Å²) in [6.07, 6.45) is 0. The Balaban J connectivity index is 2.03. The molecule has 0 aliphatic heterocycles. The number of benzene rings is 3. The lowest BCUT2D eigenvalue weighted by Crippen LogP contribution is -2.51. The van der Waals surface area contributed by atoms with Gasteiger partial charge >= 0.3 is 0 Å². The smallest absolute Gasteiger partial charge is 0.264 e. The largest absolute Gasteiger partial charge is 0.497 e. The minimum atomic E-state index is -4.13. The average Bonchev–Trinajstić information content (AvgIpc) is 2.91. The van der Waals surface area contributed by atoms with Crippen LogP contribution in [0.4, 0.5) is 5.69 Å². The molecule has 0 heterocycles. The first-order valence-corrected chi connectivity index (χ1v) is 13.5. The Bertz CT molecular complexity index is 1320. The first kappa shape index (κ1) is 28.0. The quantitative estimate of drug-likeness (QED) is 0.393. The van der Waals surface area contributed by atoms with Crippen LogP contribution >= 0.6 is 11.6 Å². The van der Waals surface area contributed by atoms with E-state index < -0.39 is 28.5 Å². The summed E-state index contributed by atoms with van der Waals surface area (Å²) < 4.78 is 33.7. The highest BCUT2D eigenvalue weighted by Crippen LogP contribution is 2.27.